The first-order valence-electron chi connectivity index (χ1n) is 6.47. The van der Waals surface area contributed by atoms with Crippen LogP contribution in [-0.2, 0) is 4.79 Å². The zero-order valence-corrected chi connectivity index (χ0v) is 11.9. The van der Waals surface area contributed by atoms with E-state index in [1.54, 1.807) is 25.1 Å². The first-order valence-corrected chi connectivity index (χ1v) is 6.47. The van der Waals surface area contributed by atoms with Gasteiger partial charge < -0.3 is 9.84 Å². The van der Waals surface area contributed by atoms with Gasteiger partial charge in [-0.25, -0.2) is 0 Å². The van der Waals surface area contributed by atoms with E-state index in [9.17, 15) is 9.90 Å². The van der Waals surface area contributed by atoms with Crippen molar-refractivity contribution in [2.24, 2.45) is 0 Å². The number of fused-ring (bicyclic) bond motifs is 1. The molecule has 0 aromatic heterocycles. The summed E-state index contributed by atoms with van der Waals surface area (Å²) in [6.07, 6.45) is 10.1. The van der Waals surface area contributed by atoms with Crippen molar-refractivity contribution in [3.05, 3.63) is 53.1 Å². The van der Waals surface area contributed by atoms with Crippen molar-refractivity contribution in [3.63, 3.8) is 0 Å². The Balaban J connectivity index is 2.29. The normalized spacial score (nSPS) is 21.6. The first-order chi connectivity index (χ1) is 9.43. The fourth-order valence-electron chi connectivity index (χ4n) is 2.07. The van der Waals surface area contributed by atoms with Gasteiger partial charge in [0.05, 0.1) is 0 Å². The third-order valence-corrected chi connectivity index (χ3v) is 3.18. The molecule has 0 spiro atoms. The Morgan fingerprint density at radius 3 is 2.85 bits per heavy atom. The lowest BCUT2D eigenvalue weighted by molar-refractivity contribution is -0.104. The molecule has 1 N–H and O–H groups in total. The summed E-state index contributed by atoms with van der Waals surface area (Å²) in [6, 6.07) is 3.36. The Hall–Kier alpha value is -2.29. The van der Waals surface area contributed by atoms with Crippen LogP contribution in [0.25, 0.3) is 6.08 Å². The lowest BCUT2D eigenvalue weighted by atomic mass is 9.97. The van der Waals surface area contributed by atoms with Gasteiger partial charge in [0.15, 0.2) is 0 Å². The Morgan fingerprint density at radius 2 is 2.15 bits per heavy atom. The molecular formula is C17H18O3. The van der Waals surface area contributed by atoms with E-state index in [0.717, 1.165) is 23.2 Å². The summed E-state index contributed by atoms with van der Waals surface area (Å²) in [5, 5.41) is 9.58. The van der Waals surface area contributed by atoms with Crippen molar-refractivity contribution in [2.45, 2.75) is 26.4 Å². The molecule has 3 nitrogen and oxygen atoms in total. The summed E-state index contributed by atoms with van der Waals surface area (Å²) in [4.78, 5) is 10.5. The second kappa shape index (κ2) is 5.37. The van der Waals surface area contributed by atoms with Crippen molar-refractivity contribution in [1.29, 1.82) is 0 Å². The van der Waals surface area contributed by atoms with Crippen LogP contribution in [-0.4, -0.2) is 17.0 Å². The smallest absolute Gasteiger partial charge is 0.145 e. The SMILES string of the molecule is C/C(C=O)=C\C=C\[C@@]1(C)C=Cc2cc(O)cc(C)c2O1. The lowest BCUT2D eigenvalue weighted by Gasteiger charge is -2.30. The number of carbonyl (C=O) groups is 1. The number of phenolic OH excluding ortho intramolecular Hbond substituents is 1. The lowest BCUT2D eigenvalue weighted by Crippen LogP contribution is -2.29. The molecule has 0 unspecified atom stereocenters. The van der Waals surface area contributed by atoms with E-state index in [1.165, 1.54) is 0 Å². The molecule has 0 aliphatic carbocycles. The van der Waals surface area contributed by atoms with Gasteiger partial charge in [0, 0.05) is 5.56 Å². The molecule has 0 fully saturated rings. The molecule has 3 heteroatoms. The van der Waals surface area contributed by atoms with Crippen LogP contribution in [0.1, 0.15) is 25.0 Å². The molecule has 0 bridgehead atoms. The maximum Gasteiger partial charge on any atom is 0.145 e. The minimum absolute atomic E-state index is 0.234. The van der Waals surface area contributed by atoms with Gasteiger partial charge in [-0.3, -0.25) is 4.79 Å². The van der Waals surface area contributed by atoms with Crippen LogP contribution in [0.3, 0.4) is 0 Å². The third kappa shape index (κ3) is 2.99. The molecule has 1 aromatic carbocycles. The van der Waals surface area contributed by atoms with Gasteiger partial charge in [0.2, 0.25) is 0 Å². The van der Waals surface area contributed by atoms with E-state index < -0.39 is 5.60 Å². The number of carbonyl (C=O) groups excluding carboxylic acids is 1. The summed E-state index contributed by atoms with van der Waals surface area (Å²) in [5.74, 6) is 1.01. The fourth-order valence-corrected chi connectivity index (χ4v) is 2.07. The monoisotopic (exact) mass is 270 g/mol. The number of hydrogen-bond donors (Lipinski definition) is 1. The van der Waals surface area contributed by atoms with Crippen LogP contribution in [0.15, 0.2) is 42.0 Å². The van der Waals surface area contributed by atoms with Crippen LogP contribution in [0.2, 0.25) is 0 Å². The first kappa shape index (κ1) is 14.1. The van der Waals surface area contributed by atoms with E-state index in [2.05, 4.69) is 0 Å². The minimum atomic E-state index is -0.561. The molecule has 0 radical (unpaired) electrons. The second-order valence-corrected chi connectivity index (χ2v) is 5.19. The van der Waals surface area contributed by atoms with Gasteiger partial charge in [-0.1, -0.05) is 18.2 Å². The van der Waals surface area contributed by atoms with Crippen LogP contribution in [0, 0.1) is 6.92 Å². The Morgan fingerprint density at radius 1 is 1.40 bits per heavy atom. The maximum absolute atomic E-state index is 10.5. The highest BCUT2D eigenvalue weighted by Gasteiger charge is 2.25. The molecule has 20 heavy (non-hydrogen) atoms. The molecule has 2 rings (SSSR count). The van der Waals surface area contributed by atoms with Gasteiger partial charge in [-0.05, 0) is 56.2 Å². The quantitative estimate of drug-likeness (QED) is 0.519. The van der Waals surface area contributed by atoms with Crippen molar-refractivity contribution >= 4 is 12.4 Å². The van der Waals surface area contributed by atoms with E-state index in [0.29, 0.717) is 5.57 Å². The van der Waals surface area contributed by atoms with Gasteiger partial charge in [0.25, 0.3) is 0 Å². The van der Waals surface area contributed by atoms with E-state index in [1.807, 2.05) is 38.2 Å². The van der Waals surface area contributed by atoms with Crippen molar-refractivity contribution < 1.29 is 14.6 Å². The topological polar surface area (TPSA) is 46.5 Å². The molecule has 1 aromatic rings. The standard InChI is InChI=1S/C17H18O3/c1-12(11-18)5-4-7-17(3)8-6-14-10-15(19)9-13(2)16(14)20-17/h4-11,19H,1-3H3/b7-4+,12-5+/t17-/m0/s1. The number of benzene rings is 1. The fraction of sp³-hybridized carbons (Fsp3) is 0.235. The highest BCUT2D eigenvalue weighted by Crippen LogP contribution is 2.36. The molecule has 0 saturated heterocycles. The molecule has 1 aliphatic rings. The molecule has 1 aliphatic heterocycles. The number of phenols is 1. The van der Waals surface area contributed by atoms with Gasteiger partial charge >= 0.3 is 0 Å². The maximum atomic E-state index is 10.5. The van der Waals surface area contributed by atoms with E-state index >= 15 is 0 Å². The van der Waals surface area contributed by atoms with Crippen molar-refractivity contribution in [2.75, 3.05) is 0 Å². The van der Waals surface area contributed by atoms with Crippen LogP contribution in [0.5, 0.6) is 11.5 Å². The molecular weight excluding hydrogens is 252 g/mol. The molecule has 1 atom stereocenters. The summed E-state index contributed by atoms with van der Waals surface area (Å²) in [6.45, 7) is 5.59. The predicted molar refractivity (Wildman–Crippen MR) is 79.9 cm³/mol. The number of allylic oxidation sites excluding steroid dienone is 3. The van der Waals surface area contributed by atoms with Gasteiger partial charge in [-0.2, -0.15) is 0 Å². The molecule has 0 saturated carbocycles. The zero-order chi connectivity index (χ0) is 14.8. The third-order valence-electron chi connectivity index (χ3n) is 3.18. The summed E-state index contributed by atoms with van der Waals surface area (Å²) in [7, 11) is 0. The average Bonchev–Trinajstić information content (AvgIpc) is 2.39. The Bertz CT molecular complexity index is 623. The zero-order valence-electron chi connectivity index (χ0n) is 11.9. The number of aryl methyl sites for hydroxylation is 1. The van der Waals surface area contributed by atoms with Crippen LogP contribution in [0.4, 0.5) is 0 Å². The average molecular weight is 270 g/mol. The molecule has 104 valence electrons. The Labute approximate surface area is 118 Å². The van der Waals surface area contributed by atoms with Gasteiger partial charge in [0.1, 0.15) is 23.4 Å². The number of aldehydes is 1. The van der Waals surface area contributed by atoms with Gasteiger partial charge in [-0.15, -0.1) is 0 Å². The summed E-state index contributed by atoms with van der Waals surface area (Å²) in [5.41, 5.74) is 1.86. The predicted octanol–water partition coefficient (Wildman–Crippen LogP) is 3.57. The summed E-state index contributed by atoms with van der Waals surface area (Å²) >= 11 is 0. The number of ether oxygens (including phenoxy) is 1. The highest BCUT2D eigenvalue weighted by molar-refractivity contribution is 5.72. The molecule has 1 heterocycles. The summed E-state index contributed by atoms with van der Waals surface area (Å²) < 4.78 is 6.02. The number of hydrogen-bond acceptors (Lipinski definition) is 3. The Kier molecular flexibility index (Phi) is 3.79. The molecule has 0 amide bonds. The highest BCUT2D eigenvalue weighted by atomic mass is 16.5. The van der Waals surface area contributed by atoms with Crippen LogP contribution >= 0.6 is 0 Å². The van der Waals surface area contributed by atoms with Crippen molar-refractivity contribution in [3.8, 4) is 11.5 Å². The number of rotatable bonds is 3. The minimum Gasteiger partial charge on any atom is -0.508 e. The largest absolute Gasteiger partial charge is 0.508 e. The van der Waals surface area contributed by atoms with E-state index in [-0.39, 0.29) is 5.75 Å². The van der Waals surface area contributed by atoms with Crippen molar-refractivity contribution in [1.82, 2.24) is 0 Å². The number of aromatic hydroxyl groups is 1. The van der Waals surface area contributed by atoms with Crippen LogP contribution < -0.4 is 4.74 Å². The second-order valence-electron chi connectivity index (χ2n) is 5.19. The van der Waals surface area contributed by atoms with E-state index in [4.69, 9.17) is 4.74 Å².